The van der Waals surface area contributed by atoms with E-state index < -0.39 is 15.8 Å². The van der Waals surface area contributed by atoms with Crippen molar-refractivity contribution < 1.29 is 17.6 Å². The predicted molar refractivity (Wildman–Crippen MR) is 102 cm³/mol. The van der Waals surface area contributed by atoms with Crippen LogP contribution < -0.4 is 5.32 Å². The maximum absolute atomic E-state index is 13.8. The molecule has 1 N–H and O–H groups in total. The second-order valence-corrected chi connectivity index (χ2v) is 9.47. The summed E-state index contributed by atoms with van der Waals surface area (Å²) in [5.41, 5.74) is 1.02. The molecule has 0 unspecified atom stereocenters. The minimum atomic E-state index is -3.55. The number of benzene rings is 1. The normalized spacial score (nSPS) is 16.4. The van der Waals surface area contributed by atoms with E-state index in [4.69, 9.17) is 0 Å². The Morgan fingerprint density at radius 3 is 2.70 bits per heavy atom. The SMILES string of the molecule is CC(=O)NCc1csc(C2CCN(S(=O)(=O)Cc3ccccc3F)CC2)n1. The molecule has 2 aromatic rings. The van der Waals surface area contributed by atoms with Crippen LogP contribution in [0.1, 0.15) is 41.9 Å². The van der Waals surface area contributed by atoms with Crippen molar-refractivity contribution in [2.24, 2.45) is 0 Å². The van der Waals surface area contributed by atoms with Gasteiger partial charge in [-0.2, -0.15) is 0 Å². The predicted octanol–water partition coefficient (Wildman–Crippen LogP) is 2.63. The summed E-state index contributed by atoms with van der Waals surface area (Å²) in [5.74, 6) is -0.702. The first-order chi connectivity index (χ1) is 12.8. The molecular weight excluding hydrogens is 389 g/mol. The molecule has 1 aliphatic rings. The first-order valence-electron chi connectivity index (χ1n) is 8.75. The van der Waals surface area contributed by atoms with Crippen LogP contribution in [0.3, 0.4) is 0 Å². The Hall–Kier alpha value is -1.84. The number of hydrogen-bond donors (Lipinski definition) is 1. The maximum Gasteiger partial charge on any atom is 0.218 e. The molecule has 0 aliphatic carbocycles. The second-order valence-electron chi connectivity index (χ2n) is 6.61. The van der Waals surface area contributed by atoms with Gasteiger partial charge in [-0.3, -0.25) is 4.79 Å². The van der Waals surface area contributed by atoms with E-state index in [9.17, 15) is 17.6 Å². The van der Waals surface area contributed by atoms with Gasteiger partial charge in [-0.1, -0.05) is 18.2 Å². The molecule has 6 nitrogen and oxygen atoms in total. The molecule has 146 valence electrons. The number of aromatic nitrogens is 1. The summed E-state index contributed by atoms with van der Waals surface area (Å²) in [7, 11) is -3.55. The molecular formula is C18H22FN3O3S2. The van der Waals surface area contributed by atoms with E-state index in [1.807, 2.05) is 5.38 Å². The molecule has 1 saturated heterocycles. The van der Waals surface area contributed by atoms with E-state index in [1.54, 1.807) is 23.5 Å². The van der Waals surface area contributed by atoms with Gasteiger partial charge < -0.3 is 5.32 Å². The number of halogens is 1. The Bertz CT molecular complexity index is 906. The van der Waals surface area contributed by atoms with E-state index in [1.165, 1.54) is 23.4 Å². The molecule has 0 radical (unpaired) electrons. The van der Waals surface area contributed by atoms with E-state index in [0.717, 1.165) is 10.7 Å². The number of carbonyl (C=O) groups is 1. The van der Waals surface area contributed by atoms with E-state index in [0.29, 0.717) is 32.5 Å². The van der Waals surface area contributed by atoms with Crippen molar-refractivity contribution in [3.8, 4) is 0 Å². The smallest absolute Gasteiger partial charge is 0.218 e. The van der Waals surface area contributed by atoms with Crippen LogP contribution in [0.2, 0.25) is 0 Å². The number of hydrogen-bond acceptors (Lipinski definition) is 5. The van der Waals surface area contributed by atoms with Crippen molar-refractivity contribution in [1.82, 2.24) is 14.6 Å². The molecule has 0 atom stereocenters. The molecule has 1 amide bonds. The zero-order valence-corrected chi connectivity index (χ0v) is 16.7. The molecule has 1 aromatic carbocycles. The third kappa shape index (κ3) is 5.12. The lowest BCUT2D eigenvalue weighted by atomic mass is 9.99. The van der Waals surface area contributed by atoms with E-state index in [-0.39, 0.29) is 23.1 Å². The Labute approximate surface area is 162 Å². The van der Waals surface area contributed by atoms with Gasteiger partial charge in [-0.15, -0.1) is 11.3 Å². The van der Waals surface area contributed by atoms with Crippen LogP contribution in [-0.2, 0) is 27.1 Å². The largest absolute Gasteiger partial charge is 0.351 e. The fraction of sp³-hybridized carbons (Fsp3) is 0.444. The van der Waals surface area contributed by atoms with Gasteiger partial charge in [0, 0.05) is 36.9 Å². The van der Waals surface area contributed by atoms with Crippen LogP contribution >= 0.6 is 11.3 Å². The number of carbonyl (C=O) groups excluding carboxylic acids is 1. The third-order valence-electron chi connectivity index (χ3n) is 4.58. The summed E-state index contributed by atoms with van der Waals surface area (Å²) < 4.78 is 40.4. The molecule has 9 heteroatoms. The number of nitrogens with zero attached hydrogens (tertiary/aromatic N) is 2. The van der Waals surface area contributed by atoms with Gasteiger partial charge in [0.25, 0.3) is 0 Å². The maximum atomic E-state index is 13.8. The average Bonchev–Trinajstić information content (AvgIpc) is 3.11. The topological polar surface area (TPSA) is 79.4 Å². The Morgan fingerprint density at radius 2 is 2.04 bits per heavy atom. The van der Waals surface area contributed by atoms with Crippen molar-refractivity contribution in [2.45, 2.75) is 38.0 Å². The van der Waals surface area contributed by atoms with Crippen LogP contribution in [0.4, 0.5) is 4.39 Å². The first kappa shape index (κ1) is 19.9. The van der Waals surface area contributed by atoms with Crippen molar-refractivity contribution in [1.29, 1.82) is 0 Å². The lowest BCUT2D eigenvalue weighted by Crippen LogP contribution is -2.38. The Kier molecular flexibility index (Phi) is 6.23. The van der Waals surface area contributed by atoms with Crippen LogP contribution in [0.5, 0.6) is 0 Å². The van der Waals surface area contributed by atoms with Crippen molar-refractivity contribution in [3.63, 3.8) is 0 Å². The number of nitrogens with one attached hydrogen (secondary N) is 1. The average molecular weight is 412 g/mol. The molecule has 27 heavy (non-hydrogen) atoms. The standard InChI is InChI=1S/C18H22FN3O3S2/c1-13(23)20-10-16-11-26-18(21-16)14-6-8-22(9-7-14)27(24,25)12-15-4-2-3-5-17(15)19/h2-5,11,14H,6-10,12H2,1H3,(H,20,23). The summed E-state index contributed by atoms with van der Waals surface area (Å²) in [5, 5.41) is 5.62. The monoisotopic (exact) mass is 411 g/mol. The Morgan fingerprint density at radius 1 is 1.33 bits per heavy atom. The number of sulfonamides is 1. The first-order valence-corrected chi connectivity index (χ1v) is 11.2. The van der Waals surface area contributed by atoms with Gasteiger partial charge in [-0.05, 0) is 18.9 Å². The van der Waals surface area contributed by atoms with Gasteiger partial charge in [0.1, 0.15) is 5.82 Å². The molecule has 1 aromatic heterocycles. The molecule has 3 rings (SSSR count). The third-order valence-corrected chi connectivity index (χ3v) is 7.46. The highest BCUT2D eigenvalue weighted by atomic mass is 32.2. The highest BCUT2D eigenvalue weighted by Crippen LogP contribution is 2.31. The zero-order valence-electron chi connectivity index (χ0n) is 15.0. The summed E-state index contributed by atoms with van der Waals surface area (Å²) in [4.78, 5) is 15.5. The quantitative estimate of drug-likeness (QED) is 0.793. The van der Waals surface area contributed by atoms with E-state index >= 15 is 0 Å². The molecule has 1 aliphatic heterocycles. The summed E-state index contributed by atoms with van der Waals surface area (Å²) in [6.45, 7) is 2.68. The van der Waals surface area contributed by atoms with Gasteiger partial charge in [0.2, 0.25) is 15.9 Å². The highest BCUT2D eigenvalue weighted by molar-refractivity contribution is 7.88. The number of rotatable bonds is 6. The lowest BCUT2D eigenvalue weighted by molar-refractivity contribution is -0.119. The van der Waals surface area contributed by atoms with Crippen LogP contribution in [0.15, 0.2) is 29.6 Å². The van der Waals surface area contributed by atoms with Crippen LogP contribution in [0.25, 0.3) is 0 Å². The van der Waals surface area contributed by atoms with Gasteiger partial charge >= 0.3 is 0 Å². The minimum Gasteiger partial charge on any atom is -0.351 e. The number of thiazole rings is 1. The molecule has 1 fully saturated rings. The molecule has 0 spiro atoms. The van der Waals surface area contributed by atoms with Crippen molar-refractivity contribution in [3.05, 3.63) is 51.7 Å². The molecule has 0 bridgehead atoms. The Balaban J connectivity index is 1.58. The highest BCUT2D eigenvalue weighted by Gasteiger charge is 2.30. The van der Waals surface area contributed by atoms with Crippen LogP contribution in [0, 0.1) is 5.82 Å². The van der Waals surface area contributed by atoms with Crippen molar-refractivity contribution >= 4 is 27.3 Å². The number of amides is 1. The minimum absolute atomic E-state index is 0.0992. The lowest BCUT2D eigenvalue weighted by Gasteiger charge is -2.30. The number of piperidine rings is 1. The van der Waals surface area contributed by atoms with Gasteiger partial charge in [0.15, 0.2) is 0 Å². The second kappa shape index (κ2) is 8.45. The fourth-order valence-electron chi connectivity index (χ4n) is 3.09. The van der Waals surface area contributed by atoms with Gasteiger partial charge in [0.05, 0.1) is 23.0 Å². The molecule has 2 heterocycles. The summed E-state index contributed by atoms with van der Waals surface area (Å²) in [6, 6.07) is 5.97. The van der Waals surface area contributed by atoms with E-state index in [2.05, 4.69) is 10.3 Å². The molecule has 0 saturated carbocycles. The zero-order chi connectivity index (χ0) is 19.4. The van der Waals surface area contributed by atoms with Gasteiger partial charge in [-0.25, -0.2) is 22.1 Å². The summed E-state index contributed by atoms with van der Waals surface area (Å²) in [6.07, 6.45) is 1.37. The summed E-state index contributed by atoms with van der Waals surface area (Å²) >= 11 is 1.54. The van der Waals surface area contributed by atoms with Crippen molar-refractivity contribution in [2.75, 3.05) is 13.1 Å². The van der Waals surface area contributed by atoms with Crippen LogP contribution in [-0.4, -0.2) is 36.7 Å². The fourth-order valence-corrected chi connectivity index (χ4v) is 5.66.